The lowest BCUT2D eigenvalue weighted by molar-refractivity contribution is -0.418. The lowest BCUT2D eigenvalue weighted by Crippen LogP contribution is -2.40. The van der Waals surface area contributed by atoms with Crippen molar-refractivity contribution in [2.45, 2.75) is 26.4 Å². The Hall–Kier alpha value is -3.09. The summed E-state index contributed by atoms with van der Waals surface area (Å²) in [6, 6.07) is 4.71. The summed E-state index contributed by atoms with van der Waals surface area (Å²) < 4.78 is 38.6. The van der Waals surface area contributed by atoms with Crippen LogP contribution in [0.3, 0.4) is 0 Å². The number of carbonyl (C=O) groups excluding carboxylic acids is 2. The minimum Gasteiger partial charge on any atom is -0.337 e. The van der Waals surface area contributed by atoms with Crippen molar-refractivity contribution < 1.29 is 27.7 Å². The fraction of sp³-hybridized carbons (Fsp3) is 0.333. The Kier molecular flexibility index (Phi) is 6.50. The maximum atomic E-state index is 12.9. The average Bonchev–Trinajstić information content (AvgIpc) is 2.53. The minimum absolute atomic E-state index is 0.0905. The molecule has 134 valence electrons. The summed E-state index contributed by atoms with van der Waals surface area (Å²) in [6.45, 7) is 3.00. The van der Waals surface area contributed by atoms with Crippen molar-refractivity contribution >= 4 is 18.0 Å². The van der Waals surface area contributed by atoms with Crippen LogP contribution in [0.4, 0.5) is 23.7 Å². The fourth-order valence-electron chi connectivity index (χ4n) is 1.83. The van der Waals surface area contributed by atoms with Crippen molar-refractivity contribution in [1.82, 2.24) is 5.32 Å². The summed E-state index contributed by atoms with van der Waals surface area (Å²) >= 11 is 0. The van der Waals surface area contributed by atoms with Crippen LogP contribution in [0.15, 0.2) is 23.5 Å². The number of rotatable bonds is 6. The highest BCUT2D eigenvalue weighted by Crippen LogP contribution is 2.31. The molecule has 0 saturated heterocycles. The molecule has 1 rings (SSSR count). The maximum Gasteiger partial charge on any atom is 0.417 e. The van der Waals surface area contributed by atoms with Gasteiger partial charge in [0.15, 0.2) is 0 Å². The summed E-state index contributed by atoms with van der Waals surface area (Å²) in [7, 11) is 0. The van der Waals surface area contributed by atoms with Crippen LogP contribution in [-0.2, 0) is 11.0 Å². The van der Waals surface area contributed by atoms with Gasteiger partial charge in [-0.05, 0) is 25.5 Å². The second-order valence-electron chi connectivity index (χ2n) is 4.81. The van der Waals surface area contributed by atoms with Crippen molar-refractivity contribution in [2.75, 3.05) is 11.4 Å². The summed E-state index contributed by atoms with van der Waals surface area (Å²) in [5.74, 6) is 0. The third kappa shape index (κ3) is 4.94. The van der Waals surface area contributed by atoms with Crippen LogP contribution in [0, 0.1) is 22.2 Å². The molecule has 0 aromatic heterocycles. The molecule has 0 aliphatic carbocycles. The van der Waals surface area contributed by atoms with E-state index in [4.69, 9.17) is 0 Å². The van der Waals surface area contributed by atoms with Gasteiger partial charge in [0.05, 0.1) is 10.5 Å². The number of halogens is 3. The van der Waals surface area contributed by atoms with Gasteiger partial charge in [-0.2, -0.15) is 13.2 Å². The molecule has 0 saturated carbocycles. The van der Waals surface area contributed by atoms with E-state index in [2.05, 4.69) is 17.4 Å². The van der Waals surface area contributed by atoms with E-state index in [1.165, 1.54) is 0 Å². The molecule has 0 heterocycles. The number of nitro groups is 1. The second kappa shape index (κ2) is 8.14. The molecule has 2 amide bonds. The van der Waals surface area contributed by atoms with Crippen LogP contribution in [0.1, 0.15) is 25.8 Å². The molecule has 25 heavy (non-hydrogen) atoms. The normalized spacial score (nSPS) is 11.9. The van der Waals surface area contributed by atoms with E-state index in [1.807, 2.05) is 0 Å². The third-order valence-corrected chi connectivity index (χ3v) is 3.03. The molecule has 7 nitrogen and oxygen atoms in total. The first kappa shape index (κ1) is 20.0. The number of hydrogen-bond acceptors (Lipinski definition) is 4. The zero-order valence-corrected chi connectivity index (χ0v) is 13.3. The maximum absolute atomic E-state index is 12.9. The highest BCUT2D eigenvalue weighted by Gasteiger charge is 2.32. The van der Waals surface area contributed by atoms with E-state index in [0.29, 0.717) is 23.5 Å². The number of aldehydes is 1. The van der Waals surface area contributed by atoms with E-state index in [9.17, 15) is 32.9 Å². The third-order valence-electron chi connectivity index (χ3n) is 3.03. The molecule has 10 heteroatoms. The molecule has 0 bridgehead atoms. The summed E-state index contributed by atoms with van der Waals surface area (Å²) in [5, 5.41) is 13.3. The summed E-state index contributed by atoms with van der Waals surface area (Å²) in [5.41, 5.74) is -2.95. The van der Waals surface area contributed by atoms with Gasteiger partial charge in [-0.1, -0.05) is 13.0 Å². The number of nitrogens with zero attached hydrogens (tertiary/aromatic N) is 2. The highest BCUT2D eigenvalue weighted by atomic mass is 19.4. The summed E-state index contributed by atoms with van der Waals surface area (Å²) in [4.78, 5) is 33.7. The van der Waals surface area contributed by atoms with Crippen molar-refractivity contribution in [3.63, 3.8) is 0 Å². The number of nitrogens with one attached hydrogen (secondary N) is 1. The molecule has 0 atom stereocenters. The first-order valence-electron chi connectivity index (χ1n) is 7.02. The van der Waals surface area contributed by atoms with Crippen molar-refractivity contribution in [2.24, 2.45) is 0 Å². The van der Waals surface area contributed by atoms with E-state index in [0.717, 1.165) is 6.92 Å². The molecule has 0 spiro atoms. The average molecular weight is 357 g/mol. The molecule has 1 aromatic carbocycles. The molecular weight excluding hydrogens is 343 g/mol. The Labute approximate surface area is 141 Å². The predicted octanol–water partition coefficient (Wildman–Crippen LogP) is 2.94. The van der Waals surface area contributed by atoms with E-state index < -0.39 is 39.8 Å². The van der Waals surface area contributed by atoms with Crippen molar-refractivity contribution in [1.29, 1.82) is 0 Å². The second-order valence-corrected chi connectivity index (χ2v) is 4.81. The lowest BCUT2D eigenvalue weighted by Gasteiger charge is -2.22. The van der Waals surface area contributed by atoms with Crippen LogP contribution in [0.25, 0.3) is 0 Å². The van der Waals surface area contributed by atoms with Crippen LogP contribution in [-0.4, -0.2) is 23.8 Å². The van der Waals surface area contributed by atoms with Gasteiger partial charge in [-0.25, -0.2) is 4.79 Å². The largest absolute Gasteiger partial charge is 0.417 e. The fourth-order valence-corrected chi connectivity index (χ4v) is 1.83. The molecule has 0 fully saturated rings. The molecule has 0 unspecified atom stereocenters. The summed E-state index contributed by atoms with van der Waals surface area (Å²) in [6.07, 6.45) is -4.27. The van der Waals surface area contributed by atoms with Crippen LogP contribution in [0.2, 0.25) is 0 Å². The van der Waals surface area contributed by atoms with Gasteiger partial charge in [0.25, 0.3) is 0 Å². The van der Waals surface area contributed by atoms with Gasteiger partial charge < -0.3 is 5.32 Å². The molecule has 0 aliphatic heterocycles. The monoisotopic (exact) mass is 357 g/mol. The van der Waals surface area contributed by atoms with Crippen LogP contribution >= 0.6 is 0 Å². The number of carbonyl (C=O) groups is 2. The zero-order chi connectivity index (χ0) is 19.2. The topological polar surface area (TPSA) is 92.6 Å². The van der Waals surface area contributed by atoms with E-state index >= 15 is 0 Å². The lowest BCUT2D eigenvalue weighted by atomic mass is 10.2. The predicted molar refractivity (Wildman–Crippen MR) is 81.0 cm³/mol. The van der Waals surface area contributed by atoms with E-state index in [1.54, 1.807) is 6.92 Å². The Morgan fingerprint density at radius 1 is 1.48 bits per heavy atom. The Bertz CT molecular complexity index is 702. The SMILES string of the molecule is CCCNC(=O)N(/C(C)=C(\C=O)[N+](=O)[O-])c1c#ccc(C(F)(F)F)c1. The molecule has 1 N–H and O–H groups in total. The van der Waals surface area contributed by atoms with Crippen LogP contribution < -0.4 is 10.2 Å². The number of urea groups is 1. The van der Waals surface area contributed by atoms with Crippen molar-refractivity contribution in [3.8, 4) is 0 Å². The first-order chi connectivity index (χ1) is 11.6. The van der Waals surface area contributed by atoms with Gasteiger partial charge in [0.1, 0.15) is 11.4 Å². The highest BCUT2D eigenvalue weighted by molar-refractivity contribution is 5.96. The quantitative estimate of drug-likeness (QED) is 0.367. The number of allylic oxidation sites excluding steroid dienone is 2. The zero-order valence-electron chi connectivity index (χ0n) is 13.3. The van der Waals surface area contributed by atoms with Gasteiger partial charge in [-0.15, -0.1) is 0 Å². The molecule has 0 radical (unpaired) electrons. The van der Waals surface area contributed by atoms with Crippen LogP contribution in [0.5, 0.6) is 0 Å². The molecule has 1 aromatic rings. The van der Waals surface area contributed by atoms with Gasteiger partial charge >= 0.3 is 17.9 Å². The molecular formula is C15H14F3N3O4. The van der Waals surface area contributed by atoms with Crippen molar-refractivity contribution in [3.05, 3.63) is 51.3 Å². The Balaban J connectivity index is 3.50. The van der Waals surface area contributed by atoms with E-state index in [-0.39, 0.29) is 12.8 Å². The standard InChI is InChI=1S/C15H14F3N3O4/c1-3-7-19-14(23)20(10(2)13(9-22)21(24)25)12-6-4-5-11(8-12)15(16,17)18/h5,8-9H,3,7H2,1-2H3,(H,19,23)/b13-10+. The van der Waals surface area contributed by atoms with Gasteiger partial charge in [0, 0.05) is 12.6 Å². The smallest absolute Gasteiger partial charge is 0.337 e. The molecule has 0 aliphatic rings. The minimum atomic E-state index is -4.71. The number of hydrogen-bond donors (Lipinski definition) is 1. The van der Waals surface area contributed by atoms with Gasteiger partial charge in [0.2, 0.25) is 6.29 Å². The number of anilines is 1. The van der Waals surface area contributed by atoms with Gasteiger partial charge in [-0.3, -0.25) is 19.8 Å². The Morgan fingerprint density at radius 3 is 2.60 bits per heavy atom. The Morgan fingerprint density at radius 2 is 2.12 bits per heavy atom. The number of amides is 2. The first-order valence-corrected chi connectivity index (χ1v) is 7.02. The number of alkyl halides is 3.